The Morgan fingerprint density at radius 3 is 2.54 bits per heavy atom. The molecule has 148 valence electrons. The van der Waals surface area contributed by atoms with Crippen LogP contribution in [-0.2, 0) is 19.6 Å². The molecule has 26 heavy (non-hydrogen) atoms. The van der Waals surface area contributed by atoms with Gasteiger partial charge in [-0.05, 0) is 51.8 Å². The van der Waals surface area contributed by atoms with E-state index in [1.165, 1.54) is 6.07 Å². The number of carbonyl (C=O) groups excluding carboxylic acids is 1. The molecule has 0 aromatic heterocycles. The van der Waals surface area contributed by atoms with Crippen LogP contribution in [0.3, 0.4) is 0 Å². The Morgan fingerprint density at radius 1 is 1.35 bits per heavy atom. The molecule has 0 spiro atoms. The Labute approximate surface area is 159 Å². The lowest BCUT2D eigenvalue weighted by Gasteiger charge is -2.21. The lowest BCUT2D eigenvalue weighted by atomic mass is 10.1. The average molecular weight is 410 g/mol. The number of halogens is 2. The van der Waals surface area contributed by atoms with Crippen molar-refractivity contribution >= 4 is 34.0 Å². The number of nitrogens with one attached hydrogen (secondary N) is 2. The van der Waals surface area contributed by atoms with Gasteiger partial charge in [-0.1, -0.05) is 0 Å². The lowest BCUT2D eigenvalue weighted by molar-refractivity contribution is -0.126. The van der Waals surface area contributed by atoms with Crippen LogP contribution in [0, 0.1) is 5.82 Å². The van der Waals surface area contributed by atoms with E-state index in [-0.39, 0.29) is 24.2 Å². The maximum Gasteiger partial charge on any atom is 0.253 e. The Hall–Kier alpha value is -1.26. The zero-order chi connectivity index (χ0) is 18.8. The number of rotatable bonds is 5. The molecule has 2 atom stereocenters. The van der Waals surface area contributed by atoms with Gasteiger partial charge in [0.2, 0.25) is 10.0 Å². The Balaban J connectivity index is 0.00000338. The molecule has 7 nitrogen and oxygen atoms in total. The summed E-state index contributed by atoms with van der Waals surface area (Å²) in [5.74, 6) is -1.30. The molecule has 2 rings (SSSR count). The number of anilines is 1. The first-order chi connectivity index (χ1) is 11.5. The third-order valence-corrected chi connectivity index (χ3v) is 5.36. The summed E-state index contributed by atoms with van der Waals surface area (Å²) in [4.78, 5) is 11.7. The number of sulfonamides is 1. The van der Waals surface area contributed by atoms with Gasteiger partial charge < -0.3 is 15.8 Å². The van der Waals surface area contributed by atoms with Crippen molar-refractivity contribution < 1.29 is 22.3 Å². The van der Waals surface area contributed by atoms with E-state index in [4.69, 9.17) is 10.5 Å². The van der Waals surface area contributed by atoms with Crippen molar-refractivity contribution in [2.24, 2.45) is 5.73 Å². The second kappa shape index (κ2) is 8.62. The highest BCUT2D eigenvalue weighted by molar-refractivity contribution is 7.89. The van der Waals surface area contributed by atoms with Gasteiger partial charge in [0.1, 0.15) is 16.8 Å². The van der Waals surface area contributed by atoms with Gasteiger partial charge in [0.15, 0.2) is 0 Å². The van der Waals surface area contributed by atoms with Crippen LogP contribution in [0.2, 0.25) is 0 Å². The van der Waals surface area contributed by atoms with E-state index >= 15 is 0 Å². The third kappa shape index (κ3) is 5.88. The van der Waals surface area contributed by atoms with Gasteiger partial charge in [-0.25, -0.2) is 17.5 Å². The monoisotopic (exact) mass is 409 g/mol. The fourth-order valence-electron chi connectivity index (χ4n) is 2.54. The van der Waals surface area contributed by atoms with Crippen molar-refractivity contribution in [3.05, 3.63) is 24.0 Å². The summed E-state index contributed by atoms with van der Waals surface area (Å²) in [5, 5.41) is 2.57. The van der Waals surface area contributed by atoms with Crippen LogP contribution in [0.4, 0.5) is 10.1 Å². The van der Waals surface area contributed by atoms with Gasteiger partial charge in [0.25, 0.3) is 5.91 Å². The van der Waals surface area contributed by atoms with Crippen molar-refractivity contribution in [3.63, 3.8) is 0 Å². The topological polar surface area (TPSA) is 111 Å². The predicted octanol–water partition coefficient (Wildman–Crippen LogP) is 1.77. The number of hydrogen-bond donors (Lipinski definition) is 3. The molecular weight excluding hydrogens is 385 g/mol. The molecule has 0 saturated carbocycles. The molecule has 1 amide bonds. The Kier molecular flexibility index (Phi) is 7.55. The summed E-state index contributed by atoms with van der Waals surface area (Å²) in [5.41, 5.74) is 4.93. The maximum atomic E-state index is 14.0. The van der Waals surface area contributed by atoms with E-state index in [1.807, 2.05) is 0 Å². The van der Waals surface area contributed by atoms with Gasteiger partial charge in [0, 0.05) is 17.8 Å². The zero-order valence-electron chi connectivity index (χ0n) is 14.9. The Morgan fingerprint density at radius 2 is 2.00 bits per heavy atom. The van der Waals surface area contributed by atoms with Gasteiger partial charge in [-0.15, -0.1) is 12.4 Å². The minimum atomic E-state index is -4.06. The molecule has 1 aromatic rings. The first-order valence-corrected chi connectivity index (χ1v) is 9.50. The van der Waals surface area contributed by atoms with Gasteiger partial charge in [0.05, 0.1) is 6.10 Å². The van der Waals surface area contributed by atoms with Crippen molar-refractivity contribution in [1.29, 1.82) is 0 Å². The van der Waals surface area contributed by atoms with Gasteiger partial charge in [-0.3, -0.25) is 4.79 Å². The predicted molar refractivity (Wildman–Crippen MR) is 99.3 cm³/mol. The quantitative estimate of drug-likeness (QED) is 0.686. The average Bonchev–Trinajstić information content (AvgIpc) is 2.95. The van der Waals surface area contributed by atoms with Crippen LogP contribution in [0.1, 0.15) is 33.6 Å². The second-order valence-electron chi connectivity index (χ2n) is 7.05. The van der Waals surface area contributed by atoms with Gasteiger partial charge in [-0.2, -0.15) is 0 Å². The molecule has 4 N–H and O–H groups in total. The number of hydrogen-bond acceptors (Lipinski definition) is 5. The fraction of sp³-hybridized carbons (Fsp3) is 0.562. The highest BCUT2D eigenvalue weighted by atomic mass is 35.5. The summed E-state index contributed by atoms with van der Waals surface area (Å²) in [6.07, 6.45) is 0.418. The van der Waals surface area contributed by atoms with Crippen LogP contribution in [0.15, 0.2) is 23.1 Å². The SMILES string of the molecule is CC(C)(C)NS(=O)(=O)c1cc(NC(=O)[C@@H]2CC[C@H](CN)O2)ccc1F.Cl. The summed E-state index contributed by atoms with van der Waals surface area (Å²) < 4.78 is 46.6. The van der Waals surface area contributed by atoms with E-state index < -0.39 is 38.3 Å². The molecule has 0 radical (unpaired) electrons. The molecule has 10 heteroatoms. The summed E-state index contributed by atoms with van der Waals surface area (Å²) >= 11 is 0. The number of amides is 1. The molecule has 1 aliphatic heterocycles. The molecule has 0 bridgehead atoms. The van der Waals surface area contributed by atoms with Crippen LogP contribution in [-0.4, -0.2) is 38.6 Å². The van der Waals surface area contributed by atoms with Crippen molar-refractivity contribution in [3.8, 4) is 0 Å². The minimum absolute atomic E-state index is 0. The molecular formula is C16H25ClFN3O4S. The van der Waals surface area contributed by atoms with Crippen molar-refractivity contribution in [1.82, 2.24) is 4.72 Å². The normalized spacial score (nSPS) is 20.5. The van der Waals surface area contributed by atoms with E-state index in [0.29, 0.717) is 19.4 Å². The lowest BCUT2D eigenvalue weighted by Crippen LogP contribution is -2.40. The largest absolute Gasteiger partial charge is 0.364 e. The molecule has 1 heterocycles. The standard InChI is InChI=1S/C16H24FN3O4S.ClH/c1-16(2,3)20-25(22,23)14-8-10(4-6-12(14)17)19-15(21)13-7-5-11(9-18)24-13;/h4,6,8,11,13,20H,5,7,9,18H2,1-3H3,(H,19,21);1H/t11-,13+;/m1./s1. The van der Waals surface area contributed by atoms with Crippen LogP contribution in [0.5, 0.6) is 0 Å². The van der Waals surface area contributed by atoms with E-state index in [0.717, 1.165) is 12.1 Å². The van der Waals surface area contributed by atoms with E-state index in [2.05, 4.69) is 10.0 Å². The number of ether oxygens (including phenoxy) is 1. The van der Waals surface area contributed by atoms with Crippen molar-refractivity contribution in [2.45, 2.75) is 56.3 Å². The first-order valence-electron chi connectivity index (χ1n) is 8.02. The molecule has 0 unspecified atom stereocenters. The molecule has 1 aromatic carbocycles. The Bertz CT molecular complexity index is 752. The molecule has 1 aliphatic rings. The highest BCUT2D eigenvalue weighted by Crippen LogP contribution is 2.23. The summed E-state index contributed by atoms with van der Waals surface area (Å²) in [7, 11) is -4.06. The number of nitrogens with two attached hydrogens (primary N) is 1. The highest BCUT2D eigenvalue weighted by Gasteiger charge is 2.30. The smallest absolute Gasteiger partial charge is 0.253 e. The second-order valence-corrected chi connectivity index (χ2v) is 8.70. The molecule has 1 saturated heterocycles. The zero-order valence-corrected chi connectivity index (χ0v) is 16.5. The molecule has 0 aliphatic carbocycles. The molecule has 1 fully saturated rings. The third-order valence-electron chi connectivity index (χ3n) is 3.59. The van der Waals surface area contributed by atoms with Gasteiger partial charge >= 0.3 is 0 Å². The number of benzene rings is 1. The minimum Gasteiger partial charge on any atom is -0.364 e. The summed E-state index contributed by atoms with van der Waals surface area (Å²) in [6.45, 7) is 5.29. The maximum absolute atomic E-state index is 14.0. The van der Waals surface area contributed by atoms with Crippen LogP contribution < -0.4 is 15.8 Å². The van der Waals surface area contributed by atoms with Crippen molar-refractivity contribution in [2.75, 3.05) is 11.9 Å². The summed E-state index contributed by atoms with van der Waals surface area (Å²) in [6, 6.07) is 3.40. The number of carbonyl (C=O) groups is 1. The van der Waals surface area contributed by atoms with E-state index in [9.17, 15) is 17.6 Å². The van der Waals surface area contributed by atoms with E-state index in [1.54, 1.807) is 20.8 Å². The van der Waals surface area contributed by atoms with Crippen LogP contribution >= 0.6 is 12.4 Å². The first kappa shape index (κ1) is 22.8. The van der Waals surface area contributed by atoms with Crippen LogP contribution in [0.25, 0.3) is 0 Å². The fourth-order valence-corrected chi connectivity index (χ4v) is 4.06.